The Bertz CT molecular complexity index is 1370. The third kappa shape index (κ3) is 6.47. The number of halogens is 1. The number of rotatable bonds is 11. The average molecular weight is 519 g/mol. The molecule has 0 N–H and O–H groups in total. The number of carbonyl (C=O) groups is 1. The summed E-state index contributed by atoms with van der Waals surface area (Å²) in [5, 5.41) is 4.10. The minimum atomic E-state index is -0.461. The van der Waals surface area contributed by atoms with Gasteiger partial charge in [0.05, 0.1) is 14.2 Å². The van der Waals surface area contributed by atoms with Gasteiger partial charge in [-0.05, 0) is 66.6 Å². The highest BCUT2D eigenvalue weighted by Gasteiger charge is 2.19. The zero-order valence-corrected chi connectivity index (χ0v) is 22.0. The molecule has 0 aliphatic heterocycles. The van der Waals surface area contributed by atoms with E-state index in [9.17, 15) is 9.18 Å². The Morgan fingerprint density at radius 1 is 0.921 bits per heavy atom. The molecule has 1 amide bonds. The number of nitrogens with zero attached hydrogens (tertiary/aromatic N) is 4. The Morgan fingerprint density at radius 3 is 2.34 bits per heavy atom. The van der Waals surface area contributed by atoms with Crippen LogP contribution in [0.15, 0.2) is 71.3 Å². The van der Waals surface area contributed by atoms with Gasteiger partial charge < -0.3 is 23.8 Å². The zero-order valence-electron chi connectivity index (χ0n) is 22.0. The predicted octanol–water partition coefficient (Wildman–Crippen LogP) is 4.89. The fourth-order valence-corrected chi connectivity index (χ4v) is 4.03. The van der Waals surface area contributed by atoms with Crippen LogP contribution in [0.2, 0.25) is 0 Å². The van der Waals surface area contributed by atoms with Crippen molar-refractivity contribution in [1.29, 1.82) is 0 Å². The highest BCUT2D eigenvalue weighted by molar-refractivity contribution is 5.94. The van der Waals surface area contributed by atoms with Crippen LogP contribution in [-0.2, 0) is 12.8 Å². The molecule has 0 aliphatic carbocycles. The first kappa shape index (κ1) is 26.7. The van der Waals surface area contributed by atoms with Gasteiger partial charge >= 0.3 is 0 Å². The van der Waals surface area contributed by atoms with Gasteiger partial charge in [0.25, 0.3) is 5.91 Å². The van der Waals surface area contributed by atoms with Crippen molar-refractivity contribution < 1.29 is 23.2 Å². The van der Waals surface area contributed by atoms with Crippen molar-refractivity contribution in [3.63, 3.8) is 0 Å². The van der Waals surface area contributed by atoms with Gasteiger partial charge in [0, 0.05) is 50.4 Å². The fourth-order valence-electron chi connectivity index (χ4n) is 4.03. The molecule has 0 fully saturated rings. The molecule has 0 spiro atoms. The zero-order chi connectivity index (χ0) is 27.1. The molecule has 0 bridgehead atoms. The molecule has 0 radical (unpaired) electrons. The minimum Gasteiger partial charge on any atom is -0.493 e. The summed E-state index contributed by atoms with van der Waals surface area (Å²) in [5.74, 6) is 1.41. The van der Waals surface area contributed by atoms with Crippen molar-refractivity contribution in [3.8, 4) is 22.9 Å². The maximum atomic E-state index is 13.8. The number of aromatic nitrogens is 2. The van der Waals surface area contributed by atoms with Crippen LogP contribution in [0.1, 0.15) is 21.8 Å². The molecular formula is C29H31FN4O4. The van der Waals surface area contributed by atoms with Crippen molar-refractivity contribution in [2.24, 2.45) is 0 Å². The number of amides is 1. The maximum Gasteiger partial charge on any atom is 0.253 e. The highest BCUT2D eigenvalue weighted by atomic mass is 19.1. The van der Waals surface area contributed by atoms with Gasteiger partial charge in [-0.2, -0.15) is 4.98 Å². The minimum absolute atomic E-state index is 0.274. The van der Waals surface area contributed by atoms with Crippen LogP contribution < -0.4 is 14.4 Å². The average Bonchev–Trinajstić information content (AvgIpc) is 3.41. The van der Waals surface area contributed by atoms with Crippen LogP contribution >= 0.6 is 0 Å². The Hall–Kier alpha value is -4.40. The van der Waals surface area contributed by atoms with Crippen molar-refractivity contribution in [3.05, 3.63) is 89.6 Å². The molecule has 0 unspecified atom stereocenters. The number of carbonyl (C=O) groups excluding carboxylic acids is 1. The van der Waals surface area contributed by atoms with Gasteiger partial charge in [0.1, 0.15) is 5.82 Å². The lowest BCUT2D eigenvalue weighted by Crippen LogP contribution is -2.35. The second kappa shape index (κ2) is 12.2. The van der Waals surface area contributed by atoms with Crippen molar-refractivity contribution in [1.82, 2.24) is 15.0 Å². The third-order valence-corrected chi connectivity index (χ3v) is 6.18. The largest absolute Gasteiger partial charge is 0.493 e. The van der Waals surface area contributed by atoms with Gasteiger partial charge in [0.2, 0.25) is 11.7 Å². The lowest BCUT2D eigenvalue weighted by atomic mass is 10.1. The van der Waals surface area contributed by atoms with Crippen LogP contribution in [0.3, 0.4) is 0 Å². The Balaban J connectivity index is 1.48. The summed E-state index contributed by atoms with van der Waals surface area (Å²) >= 11 is 0. The van der Waals surface area contributed by atoms with E-state index in [1.165, 1.54) is 18.2 Å². The van der Waals surface area contributed by atoms with E-state index < -0.39 is 5.82 Å². The Labute approximate surface area is 221 Å². The second-order valence-corrected chi connectivity index (χ2v) is 8.94. The molecule has 8 nitrogen and oxygen atoms in total. The molecule has 3 aromatic carbocycles. The summed E-state index contributed by atoms with van der Waals surface area (Å²) in [7, 11) is 7.11. The topological polar surface area (TPSA) is 80.9 Å². The molecule has 198 valence electrons. The first-order chi connectivity index (χ1) is 18.4. The quantitative estimate of drug-likeness (QED) is 0.280. The van der Waals surface area contributed by atoms with Gasteiger partial charge in [-0.25, -0.2) is 4.39 Å². The first-order valence-electron chi connectivity index (χ1n) is 12.2. The monoisotopic (exact) mass is 518 g/mol. The smallest absolute Gasteiger partial charge is 0.253 e. The summed E-state index contributed by atoms with van der Waals surface area (Å²) in [6.07, 6.45) is 0.921. The van der Waals surface area contributed by atoms with Crippen molar-refractivity contribution >= 4 is 11.6 Å². The van der Waals surface area contributed by atoms with E-state index in [-0.39, 0.29) is 11.5 Å². The molecule has 0 saturated carbocycles. The van der Waals surface area contributed by atoms with Crippen LogP contribution in [0.25, 0.3) is 11.4 Å². The van der Waals surface area contributed by atoms with Crippen LogP contribution in [-0.4, -0.2) is 62.4 Å². The van der Waals surface area contributed by atoms with E-state index in [1.54, 1.807) is 25.2 Å². The maximum absolute atomic E-state index is 13.8. The van der Waals surface area contributed by atoms with Gasteiger partial charge in [0.15, 0.2) is 11.5 Å². The third-order valence-electron chi connectivity index (χ3n) is 6.18. The lowest BCUT2D eigenvalue weighted by Gasteiger charge is -2.22. The fraction of sp³-hybridized carbons (Fsp3) is 0.276. The van der Waals surface area contributed by atoms with E-state index in [1.807, 2.05) is 61.5 Å². The first-order valence-corrected chi connectivity index (χ1v) is 12.2. The number of benzene rings is 3. The molecule has 4 rings (SSSR count). The molecule has 38 heavy (non-hydrogen) atoms. The number of hydrogen-bond donors (Lipinski definition) is 0. The van der Waals surface area contributed by atoms with E-state index >= 15 is 0 Å². The summed E-state index contributed by atoms with van der Waals surface area (Å²) in [6.45, 7) is 0.724. The Morgan fingerprint density at radius 2 is 1.66 bits per heavy atom. The number of hydrogen-bond acceptors (Lipinski definition) is 7. The summed E-state index contributed by atoms with van der Waals surface area (Å²) in [4.78, 5) is 21.5. The van der Waals surface area contributed by atoms with E-state index in [0.29, 0.717) is 49.1 Å². The normalized spacial score (nSPS) is 10.8. The molecule has 0 atom stereocenters. The SMILES string of the molecule is COc1ccc(CCN(CCc2nc(-c3ccc(N(C)C)cc3)no2)C(=O)c2cccc(F)c2)cc1OC. The Kier molecular flexibility index (Phi) is 8.58. The molecule has 1 aromatic heterocycles. The number of anilines is 1. The van der Waals surface area contributed by atoms with Crippen LogP contribution in [0, 0.1) is 5.82 Å². The summed E-state index contributed by atoms with van der Waals surface area (Å²) < 4.78 is 30.0. The lowest BCUT2D eigenvalue weighted by molar-refractivity contribution is 0.0755. The van der Waals surface area contributed by atoms with E-state index in [4.69, 9.17) is 14.0 Å². The molecule has 0 saturated heterocycles. The molecule has 1 heterocycles. The molecular weight excluding hydrogens is 487 g/mol. The number of methoxy groups -OCH3 is 2. The second-order valence-electron chi connectivity index (χ2n) is 8.94. The van der Waals surface area contributed by atoms with Crippen LogP contribution in [0.5, 0.6) is 11.5 Å². The van der Waals surface area contributed by atoms with Gasteiger partial charge in [-0.1, -0.05) is 17.3 Å². The van der Waals surface area contributed by atoms with E-state index in [0.717, 1.165) is 16.8 Å². The predicted molar refractivity (Wildman–Crippen MR) is 143 cm³/mol. The molecule has 0 aliphatic rings. The summed E-state index contributed by atoms with van der Waals surface area (Å²) in [5.41, 5.74) is 3.16. The van der Waals surface area contributed by atoms with Crippen molar-refractivity contribution in [2.45, 2.75) is 12.8 Å². The van der Waals surface area contributed by atoms with E-state index in [2.05, 4.69) is 10.1 Å². The number of ether oxygens (including phenoxy) is 2. The standard InChI is InChI=1S/C29H31FN4O4/c1-33(2)24-11-9-21(10-12-24)28-31-27(38-32-28)15-17-34(29(35)22-6-5-7-23(30)19-22)16-14-20-8-13-25(36-3)26(18-20)37-4/h5-13,18-19H,14-17H2,1-4H3. The van der Waals surface area contributed by atoms with Crippen LogP contribution in [0.4, 0.5) is 10.1 Å². The van der Waals surface area contributed by atoms with Crippen molar-refractivity contribution in [2.75, 3.05) is 46.3 Å². The summed E-state index contributed by atoms with van der Waals surface area (Å²) in [6, 6.07) is 19.2. The molecule has 9 heteroatoms. The van der Waals surface area contributed by atoms with Gasteiger partial charge in [-0.3, -0.25) is 4.79 Å². The highest BCUT2D eigenvalue weighted by Crippen LogP contribution is 2.28. The molecule has 4 aromatic rings. The van der Waals surface area contributed by atoms with Gasteiger partial charge in [-0.15, -0.1) is 0 Å².